The average molecular weight is 759 g/mol. The summed E-state index contributed by atoms with van der Waals surface area (Å²) in [5.41, 5.74) is 2.44. The van der Waals surface area contributed by atoms with E-state index in [2.05, 4.69) is 11.5 Å². The van der Waals surface area contributed by atoms with Crippen molar-refractivity contribution in [2.45, 2.75) is 43.7 Å². The summed E-state index contributed by atoms with van der Waals surface area (Å²) < 4.78 is 45.7. The number of hydrogen-bond donors (Lipinski definition) is 0. The van der Waals surface area contributed by atoms with Crippen LogP contribution in [0.4, 0.5) is 0 Å². The number of nitrogens with zero attached hydrogens (tertiary/aromatic N) is 2. The number of allylic oxidation sites excluding steroid dienone is 1. The topological polar surface area (TPSA) is 114 Å². The van der Waals surface area contributed by atoms with Crippen molar-refractivity contribution in [3.8, 4) is 34.5 Å². The first kappa shape index (κ1) is 41.0. The van der Waals surface area contributed by atoms with Gasteiger partial charge >= 0.3 is 5.97 Å². The van der Waals surface area contributed by atoms with E-state index in [9.17, 15) is 9.59 Å². The van der Waals surface area contributed by atoms with Crippen LogP contribution in [0.3, 0.4) is 0 Å². The second-order valence-electron chi connectivity index (χ2n) is 13.3. The summed E-state index contributed by atoms with van der Waals surface area (Å²) >= 11 is 0. The van der Waals surface area contributed by atoms with Gasteiger partial charge in [-0.3, -0.25) is 9.69 Å². The Hall–Kier alpha value is -5.20. The molecule has 0 bridgehead atoms. The molecule has 1 amide bonds. The molecule has 12 nitrogen and oxygen atoms in total. The van der Waals surface area contributed by atoms with Crippen LogP contribution >= 0.6 is 0 Å². The Kier molecular flexibility index (Phi) is 15.3. The maximum absolute atomic E-state index is 14.5. The molecule has 0 saturated carbocycles. The molecular formula is C43H54N2O10. The van der Waals surface area contributed by atoms with Crippen LogP contribution < -0.4 is 28.4 Å². The van der Waals surface area contributed by atoms with Crippen molar-refractivity contribution in [3.05, 3.63) is 96.1 Å². The number of methoxy groups -OCH3 is 5. The zero-order valence-electron chi connectivity index (χ0n) is 32.6. The standard InChI is InChI=1S/C43H54N2O10/c1-7-11-34(32-28-39(50-4)41(52-6)40(29-32)51-5)42(46)45-19-9-8-14-35(45)43(47)55-36(17-15-30-16-18-37(48-2)38(26-30)49-3)31-12-10-13-33(27-31)54-25-22-44-20-23-53-24-21-44/h7-10,12-13,16,18,26-29,34-36H,1,11,14-15,17,19-25H2,2-6H3/t34-,35-,36?/m0/s1. The van der Waals surface area contributed by atoms with E-state index < -0.39 is 24.0 Å². The molecular weight excluding hydrogens is 704 g/mol. The van der Waals surface area contributed by atoms with Gasteiger partial charge in [0.25, 0.3) is 0 Å². The van der Waals surface area contributed by atoms with Crippen molar-refractivity contribution in [1.29, 1.82) is 0 Å². The molecule has 296 valence electrons. The third kappa shape index (κ3) is 10.5. The molecule has 1 fully saturated rings. The molecule has 2 aliphatic heterocycles. The van der Waals surface area contributed by atoms with Crippen LogP contribution in [0, 0.1) is 0 Å². The molecule has 5 rings (SSSR count). The number of amides is 1. The second-order valence-corrected chi connectivity index (χ2v) is 13.3. The lowest BCUT2D eigenvalue weighted by atomic mass is 9.92. The number of carbonyl (C=O) groups excluding carboxylic acids is 2. The van der Waals surface area contributed by atoms with Gasteiger partial charge in [-0.2, -0.15) is 0 Å². The van der Waals surface area contributed by atoms with E-state index in [-0.39, 0.29) is 12.5 Å². The summed E-state index contributed by atoms with van der Waals surface area (Å²) in [7, 11) is 7.79. The maximum atomic E-state index is 14.5. The fourth-order valence-electron chi connectivity index (χ4n) is 6.95. The van der Waals surface area contributed by atoms with Gasteiger partial charge in [-0.15, -0.1) is 6.58 Å². The van der Waals surface area contributed by atoms with Crippen LogP contribution in [-0.2, 0) is 25.5 Å². The van der Waals surface area contributed by atoms with Crippen LogP contribution in [-0.4, -0.2) is 109 Å². The van der Waals surface area contributed by atoms with E-state index in [0.717, 1.165) is 44.0 Å². The monoisotopic (exact) mass is 758 g/mol. The first-order chi connectivity index (χ1) is 26.8. The lowest BCUT2D eigenvalue weighted by Crippen LogP contribution is -2.49. The van der Waals surface area contributed by atoms with Gasteiger partial charge in [0.2, 0.25) is 11.7 Å². The fourth-order valence-corrected chi connectivity index (χ4v) is 6.95. The van der Waals surface area contributed by atoms with E-state index in [4.69, 9.17) is 37.9 Å². The van der Waals surface area contributed by atoms with Gasteiger partial charge in [0, 0.05) is 26.2 Å². The molecule has 1 saturated heterocycles. The molecule has 0 N–H and O–H groups in total. The third-order valence-corrected chi connectivity index (χ3v) is 9.96. The van der Waals surface area contributed by atoms with E-state index in [1.54, 1.807) is 37.3 Å². The number of ether oxygens (including phenoxy) is 8. The zero-order valence-corrected chi connectivity index (χ0v) is 32.6. The minimum absolute atomic E-state index is 0.238. The van der Waals surface area contributed by atoms with E-state index in [1.165, 1.54) is 21.3 Å². The summed E-state index contributed by atoms with van der Waals surface area (Å²) in [6.45, 7) is 8.68. The van der Waals surface area contributed by atoms with Crippen LogP contribution in [0.15, 0.2) is 79.4 Å². The Labute approximate surface area is 324 Å². The first-order valence-electron chi connectivity index (χ1n) is 18.6. The minimum Gasteiger partial charge on any atom is -0.493 e. The summed E-state index contributed by atoms with van der Waals surface area (Å²) in [6.07, 6.45) is 6.56. The van der Waals surface area contributed by atoms with Gasteiger partial charge in [-0.1, -0.05) is 36.4 Å². The Morgan fingerprint density at radius 2 is 1.58 bits per heavy atom. The molecule has 1 unspecified atom stereocenters. The smallest absolute Gasteiger partial charge is 0.329 e. The van der Waals surface area contributed by atoms with Crippen molar-refractivity contribution in [2.24, 2.45) is 0 Å². The summed E-state index contributed by atoms with van der Waals surface area (Å²) in [5, 5.41) is 0. The quantitative estimate of drug-likeness (QED) is 0.103. The van der Waals surface area contributed by atoms with Crippen molar-refractivity contribution >= 4 is 11.9 Å². The highest BCUT2D eigenvalue weighted by atomic mass is 16.5. The SMILES string of the molecule is C=CC[C@H](C(=O)N1CC=CC[C@H]1C(=O)OC(CCc1ccc(OC)c(OC)c1)c1cccc(OCCN2CCOCC2)c1)c1cc(OC)c(OC)c(OC)c1. The molecule has 3 aromatic carbocycles. The molecule has 2 heterocycles. The van der Waals surface area contributed by atoms with Crippen LogP contribution in [0.1, 0.15) is 48.0 Å². The van der Waals surface area contributed by atoms with E-state index in [0.29, 0.717) is 72.4 Å². The number of rotatable bonds is 19. The normalized spacial score (nSPS) is 16.7. The van der Waals surface area contributed by atoms with Gasteiger partial charge in [-0.05, 0) is 78.8 Å². The molecule has 12 heteroatoms. The predicted octanol–water partition coefficient (Wildman–Crippen LogP) is 6.17. The fraction of sp³-hybridized carbons (Fsp3) is 0.442. The van der Waals surface area contributed by atoms with Crippen molar-refractivity contribution in [1.82, 2.24) is 9.80 Å². The third-order valence-electron chi connectivity index (χ3n) is 9.96. The Balaban J connectivity index is 1.39. The molecule has 0 aromatic heterocycles. The number of carbonyl (C=O) groups is 2. The lowest BCUT2D eigenvalue weighted by Gasteiger charge is -2.35. The van der Waals surface area contributed by atoms with Crippen LogP contribution in [0.2, 0.25) is 0 Å². The molecule has 3 aromatic rings. The molecule has 0 radical (unpaired) electrons. The van der Waals surface area contributed by atoms with E-state index in [1.807, 2.05) is 54.6 Å². The molecule has 0 aliphatic carbocycles. The van der Waals surface area contributed by atoms with Gasteiger partial charge in [0.1, 0.15) is 24.5 Å². The number of aryl methyl sites for hydroxylation is 1. The molecule has 2 aliphatic rings. The molecule has 55 heavy (non-hydrogen) atoms. The highest BCUT2D eigenvalue weighted by Crippen LogP contribution is 2.41. The van der Waals surface area contributed by atoms with Crippen molar-refractivity contribution in [3.63, 3.8) is 0 Å². The number of hydrogen-bond acceptors (Lipinski definition) is 11. The van der Waals surface area contributed by atoms with Gasteiger partial charge in [0.15, 0.2) is 23.0 Å². The first-order valence-corrected chi connectivity index (χ1v) is 18.6. The summed E-state index contributed by atoms with van der Waals surface area (Å²) in [5.74, 6) is 1.82. The zero-order chi connectivity index (χ0) is 39.2. The van der Waals surface area contributed by atoms with Gasteiger partial charge < -0.3 is 42.8 Å². The maximum Gasteiger partial charge on any atom is 0.329 e. The summed E-state index contributed by atoms with van der Waals surface area (Å²) in [4.78, 5) is 32.7. The van der Waals surface area contributed by atoms with Crippen molar-refractivity contribution in [2.75, 3.05) is 81.5 Å². The highest BCUT2D eigenvalue weighted by molar-refractivity contribution is 5.90. The minimum atomic E-state index is -0.844. The average Bonchev–Trinajstić information content (AvgIpc) is 3.23. The lowest BCUT2D eigenvalue weighted by molar-refractivity contribution is -0.160. The second kappa shape index (κ2) is 20.5. The van der Waals surface area contributed by atoms with E-state index >= 15 is 0 Å². The van der Waals surface area contributed by atoms with Crippen LogP contribution in [0.25, 0.3) is 0 Å². The Morgan fingerprint density at radius 3 is 2.25 bits per heavy atom. The number of benzene rings is 3. The molecule has 3 atom stereocenters. The Bertz CT molecular complexity index is 1750. The highest BCUT2D eigenvalue weighted by Gasteiger charge is 2.37. The van der Waals surface area contributed by atoms with Crippen molar-refractivity contribution < 1.29 is 47.5 Å². The summed E-state index contributed by atoms with van der Waals surface area (Å²) in [6, 6.07) is 16.1. The number of esters is 1. The Morgan fingerprint density at radius 1 is 0.855 bits per heavy atom. The largest absolute Gasteiger partial charge is 0.493 e. The number of morpholine rings is 1. The predicted molar refractivity (Wildman–Crippen MR) is 209 cm³/mol. The molecule has 0 spiro atoms. The van der Waals surface area contributed by atoms with Crippen LogP contribution in [0.5, 0.6) is 34.5 Å². The van der Waals surface area contributed by atoms with Gasteiger partial charge in [-0.25, -0.2) is 4.79 Å². The van der Waals surface area contributed by atoms with Gasteiger partial charge in [0.05, 0.1) is 54.7 Å².